The number of fused-ring (bicyclic) bond motifs is 1. The van der Waals surface area contributed by atoms with Gasteiger partial charge in [-0.2, -0.15) is 0 Å². The monoisotopic (exact) mass is 270 g/mol. The predicted octanol–water partition coefficient (Wildman–Crippen LogP) is 2.62. The Morgan fingerprint density at radius 1 is 1.40 bits per heavy atom. The van der Waals surface area contributed by atoms with E-state index in [4.69, 9.17) is 0 Å². The molecule has 5 nitrogen and oxygen atoms in total. The highest BCUT2D eigenvalue weighted by Crippen LogP contribution is 2.19. The molecule has 0 radical (unpaired) electrons. The molecule has 2 N–H and O–H groups in total. The molecule has 1 aromatic heterocycles. The first-order valence-electron chi connectivity index (χ1n) is 6.78. The number of urea groups is 1. The summed E-state index contributed by atoms with van der Waals surface area (Å²) in [6.07, 6.45) is 2.50. The van der Waals surface area contributed by atoms with Crippen molar-refractivity contribution in [1.82, 2.24) is 14.9 Å². The van der Waals surface area contributed by atoms with Gasteiger partial charge in [-0.3, -0.25) is 0 Å². The second kappa shape index (κ2) is 5.00. The van der Waals surface area contributed by atoms with E-state index in [1.54, 1.807) is 11.2 Å². The van der Waals surface area contributed by atoms with E-state index in [0.29, 0.717) is 13.1 Å². The number of hydrogen-bond donors (Lipinski definition) is 2. The van der Waals surface area contributed by atoms with E-state index >= 15 is 0 Å². The third kappa shape index (κ3) is 2.39. The van der Waals surface area contributed by atoms with Crippen LogP contribution in [-0.2, 0) is 13.0 Å². The van der Waals surface area contributed by atoms with Crippen molar-refractivity contribution in [2.45, 2.75) is 26.8 Å². The molecule has 0 aliphatic carbocycles. The predicted molar refractivity (Wildman–Crippen MR) is 77.6 cm³/mol. The smallest absolute Gasteiger partial charge is 0.322 e. The highest BCUT2D eigenvalue weighted by Gasteiger charge is 2.22. The fourth-order valence-electron chi connectivity index (χ4n) is 2.53. The lowest BCUT2D eigenvalue weighted by Gasteiger charge is -2.26. The number of aromatic nitrogens is 2. The molecule has 2 amide bonds. The molecule has 0 bridgehead atoms. The summed E-state index contributed by atoms with van der Waals surface area (Å²) in [5.41, 5.74) is 5.25. The highest BCUT2D eigenvalue weighted by molar-refractivity contribution is 5.90. The van der Waals surface area contributed by atoms with Gasteiger partial charge < -0.3 is 15.2 Å². The van der Waals surface area contributed by atoms with E-state index < -0.39 is 0 Å². The Morgan fingerprint density at radius 2 is 2.25 bits per heavy atom. The van der Waals surface area contributed by atoms with Gasteiger partial charge in [0.15, 0.2) is 0 Å². The summed E-state index contributed by atoms with van der Waals surface area (Å²) >= 11 is 0. The fourth-order valence-corrected chi connectivity index (χ4v) is 2.53. The molecule has 1 aromatic carbocycles. The number of nitrogens with zero attached hydrogens (tertiary/aromatic N) is 2. The van der Waals surface area contributed by atoms with E-state index in [2.05, 4.69) is 21.4 Å². The summed E-state index contributed by atoms with van der Waals surface area (Å²) in [6, 6.07) is 5.97. The van der Waals surface area contributed by atoms with Crippen LogP contribution in [0.3, 0.4) is 0 Å². The van der Waals surface area contributed by atoms with Crippen LogP contribution in [0.5, 0.6) is 0 Å². The normalized spacial score (nSPS) is 14.0. The Morgan fingerprint density at radius 3 is 3.05 bits per heavy atom. The number of H-pyrrole nitrogens is 1. The minimum absolute atomic E-state index is 0.0581. The van der Waals surface area contributed by atoms with Crippen LogP contribution in [0.25, 0.3) is 0 Å². The van der Waals surface area contributed by atoms with E-state index in [0.717, 1.165) is 29.1 Å². The van der Waals surface area contributed by atoms with Crippen molar-refractivity contribution >= 4 is 11.7 Å². The minimum Gasteiger partial charge on any atom is -0.347 e. The largest absolute Gasteiger partial charge is 0.347 e. The number of rotatable bonds is 1. The number of aromatic amines is 1. The summed E-state index contributed by atoms with van der Waals surface area (Å²) < 4.78 is 0. The lowest BCUT2D eigenvalue weighted by Crippen LogP contribution is -2.39. The number of carbonyl (C=O) groups is 1. The summed E-state index contributed by atoms with van der Waals surface area (Å²) in [6.45, 7) is 5.34. The molecule has 0 unspecified atom stereocenters. The van der Waals surface area contributed by atoms with Crippen molar-refractivity contribution in [1.29, 1.82) is 0 Å². The molecule has 20 heavy (non-hydrogen) atoms. The summed E-state index contributed by atoms with van der Waals surface area (Å²) in [5.74, 6) is 0. The second-order valence-corrected chi connectivity index (χ2v) is 5.25. The third-order valence-electron chi connectivity index (χ3n) is 3.69. The Bertz CT molecular complexity index is 647. The van der Waals surface area contributed by atoms with Crippen LogP contribution < -0.4 is 5.32 Å². The van der Waals surface area contributed by atoms with E-state index in [1.165, 1.54) is 5.56 Å². The van der Waals surface area contributed by atoms with Crippen molar-refractivity contribution in [3.63, 3.8) is 0 Å². The van der Waals surface area contributed by atoms with Gasteiger partial charge in [0.25, 0.3) is 0 Å². The fraction of sp³-hybridized carbons (Fsp3) is 0.333. The Kier molecular flexibility index (Phi) is 3.18. The zero-order valence-corrected chi connectivity index (χ0v) is 11.7. The van der Waals surface area contributed by atoms with Gasteiger partial charge in [-0.05, 0) is 25.5 Å². The zero-order chi connectivity index (χ0) is 14.1. The van der Waals surface area contributed by atoms with E-state index in [9.17, 15) is 4.79 Å². The molecular weight excluding hydrogens is 252 g/mol. The number of aryl methyl sites for hydroxylation is 2. The molecule has 104 valence electrons. The van der Waals surface area contributed by atoms with Crippen molar-refractivity contribution in [3.05, 3.63) is 47.0 Å². The van der Waals surface area contributed by atoms with Crippen LogP contribution in [0.2, 0.25) is 0 Å². The molecule has 5 heteroatoms. The maximum absolute atomic E-state index is 12.3. The first-order valence-corrected chi connectivity index (χ1v) is 6.78. The first-order chi connectivity index (χ1) is 9.63. The van der Waals surface area contributed by atoms with Crippen LogP contribution in [-0.4, -0.2) is 27.4 Å². The van der Waals surface area contributed by atoms with E-state index in [1.807, 2.05) is 26.0 Å². The SMILES string of the molecule is Cc1ccc(NC(=O)N2CCc3nc[nH]c3C2)c(C)c1. The van der Waals surface area contributed by atoms with Crippen molar-refractivity contribution in [2.75, 3.05) is 11.9 Å². The Balaban J connectivity index is 1.71. The van der Waals surface area contributed by atoms with Gasteiger partial charge in [-0.15, -0.1) is 0 Å². The number of imidazole rings is 1. The topological polar surface area (TPSA) is 61.0 Å². The number of carbonyl (C=O) groups excluding carboxylic acids is 1. The average molecular weight is 270 g/mol. The van der Waals surface area contributed by atoms with Gasteiger partial charge in [0.1, 0.15) is 0 Å². The molecule has 1 aliphatic rings. The number of amides is 2. The van der Waals surface area contributed by atoms with Crippen molar-refractivity contribution < 1.29 is 4.79 Å². The maximum atomic E-state index is 12.3. The number of hydrogen-bond acceptors (Lipinski definition) is 2. The second-order valence-electron chi connectivity index (χ2n) is 5.25. The van der Waals surface area contributed by atoms with Gasteiger partial charge in [0.2, 0.25) is 0 Å². The molecule has 0 saturated carbocycles. The van der Waals surface area contributed by atoms with Crippen LogP contribution in [0, 0.1) is 13.8 Å². The number of nitrogens with one attached hydrogen (secondary N) is 2. The van der Waals surface area contributed by atoms with Gasteiger partial charge in [-0.25, -0.2) is 9.78 Å². The average Bonchev–Trinajstić information content (AvgIpc) is 2.89. The molecule has 3 rings (SSSR count). The molecule has 2 aromatic rings. The molecule has 0 atom stereocenters. The Hall–Kier alpha value is -2.30. The van der Waals surface area contributed by atoms with Crippen molar-refractivity contribution in [3.8, 4) is 0 Å². The zero-order valence-electron chi connectivity index (χ0n) is 11.7. The standard InChI is InChI=1S/C15H18N4O/c1-10-3-4-12(11(2)7-10)18-15(20)19-6-5-13-14(8-19)17-9-16-13/h3-4,7,9H,5-6,8H2,1-2H3,(H,16,17)(H,18,20). The minimum atomic E-state index is -0.0581. The van der Waals surface area contributed by atoms with Gasteiger partial charge in [0, 0.05) is 18.7 Å². The highest BCUT2D eigenvalue weighted by atomic mass is 16.2. The third-order valence-corrected chi connectivity index (χ3v) is 3.69. The van der Waals surface area contributed by atoms with Gasteiger partial charge in [0.05, 0.1) is 24.3 Å². The van der Waals surface area contributed by atoms with Gasteiger partial charge in [-0.1, -0.05) is 17.7 Å². The lowest BCUT2D eigenvalue weighted by molar-refractivity contribution is 0.205. The van der Waals surface area contributed by atoms with Gasteiger partial charge >= 0.3 is 6.03 Å². The maximum Gasteiger partial charge on any atom is 0.322 e. The van der Waals surface area contributed by atoms with Crippen LogP contribution >= 0.6 is 0 Å². The first kappa shape index (κ1) is 12.7. The van der Waals surface area contributed by atoms with Crippen LogP contribution in [0.4, 0.5) is 10.5 Å². The molecule has 0 fully saturated rings. The molecule has 0 saturated heterocycles. The molecule has 2 heterocycles. The molecular formula is C15H18N4O. The Labute approximate surface area is 118 Å². The quantitative estimate of drug-likeness (QED) is 0.836. The van der Waals surface area contributed by atoms with Crippen LogP contribution in [0.1, 0.15) is 22.5 Å². The number of benzene rings is 1. The molecule has 0 spiro atoms. The van der Waals surface area contributed by atoms with Crippen LogP contribution in [0.15, 0.2) is 24.5 Å². The number of anilines is 1. The summed E-state index contributed by atoms with van der Waals surface area (Å²) in [5, 5.41) is 2.98. The summed E-state index contributed by atoms with van der Waals surface area (Å²) in [4.78, 5) is 21.5. The molecule has 1 aliphatic heterocycles. The lowest BCUT2D eigenvalue weighted by atomic mass is 10.1. The van der Waals surface area contributed by atoms with Crippen molar-refractivity contribution in [2.24, 2.45) is 0 Å². The van der Waals surface area contributed by atoms with E-state index in [-0.39, 0.29) is 6.03 Å². The summed E-state index contributed by atoms with van der Waals surface area (Å²) in [7, 11) is 0.